The molecule has 4 nitrogen and oxygen atoms in total. The molecule has 0 aliphatic carbocycles. The summed E-state index contributed by atoms with van der Waals surface area (Å²) in [5.74, 6) is -0.0814. The molecule has 2 N–H and O–H groups in total. The summed E-state index contributed by atoms with van der Waals surface area (Å²) >= 11 is 0. The van der Waals surface area contributed by atoms with Crippen LogP contribution in [-0.2, 0) is 4.79 Å². The number of carbonyl (C=O) groups excluding carboxylic acids is 1. The van der Waals surface area contributed by atoms with Gasteiger partial charge >= 0.3 is 0 Å². The molecule has 0 atom stereocenters. The third-order valence-corrected chi connectivity index (χ3v) is 3.06. The number of benzene rings is 1. The number of likely N-dealkylation sites (tertiary alicyclic amines) is 1. The SMILES string of the molecule is C=C(C(N)=O)N1CC(c2ccc(C#N)cc2)C1. The van der Waals surface area contributed by atoms with Crippen molar-refractivity contribution in [1.29, 1.82) is 5.26 Å². The smallest absolute Gasteiger partial charge is 0.264 e. The van der Waals surface area contributed by atoms with Gasteiger partial charge in [0.1, 0.15) is 0 Å². The van der Waals surface area contributed by atoms with Crippen LogP contribution >= 0.6 is 0 Å². The van der Waals surface area contributed by atoms with Gasteiger partial charge in [-0.05, 0) is 17.7 Å². The highest BCUT2D eigenvalue weighted by atomic mass is 16.1. The van der Waals surface area contributed by atoms with E-state index in [0.717, 1.165) is 13.1 Å². The molecule has 17 heavy (non-hydrogen) atoms. The van der Waals surface area contributed by atoms with E-state index in [4.69, 9.17) is 11.0 Å². The zero-order valence-corrected chi connectivity index (χ0v) is 9.39. The Morgan fingerprint density at radius 1 is 1.41 bits per heavy atom. The van der Waals surface area contributed by atoms with Crippen molar-refractivity contribution in [2.45, 2.75) is 5.92 Å². The molecule has 0 saturated carbocycles. The summed E-state index contributed by atoms with van der Waals surface area (Å²) in [5, 5.41) is 8.69. The van der Waals surface area contributed by atoms with Crippen LogP contribution in [0.3, 0.4) is 0 Å². The number of rotatable bonds is 3. The summed E-state index contributed by atoms with van der Waals surface area (Å²) in [4.78, 5) is 12.8. The summed E-state index contributed by atoms with van der Waals surface area (Å²) in [7, 11) is 0. The van der Waals surface area contributed by atoms with Crippen molar-refractivity contribution in [3.05, 3.63) is 47.7 Å². The van der Waals surface area contributed by atoms with E-state index in [1.807, 2.05) is 17.0 Å². The van der Waals surface area contributed by atoms with Gasteiger partial charge in [0, 0.05) is 19.0 Å². The lowest BCUT2D eigenvalue weighted by molar-refractivity contribution is -0.116. The minimum absolute atomic E-state index is 0.370. The Balaban J connectivity index is 1.97. The van der Waals surface area contributed by atoms with Crippen molar-refractivity contribution in [3.8, 4) is 6.07 Å². The first-order valence-corrected chi connectivity index (χ1v) is 5.35. The van der Waals surface area contributed by atoms with Crippen molar-refractivity contribution < 1.29 is 4.79 Å². The number of primary amides is 1. The average Bonchev–Trinajstić information content (AvgIpc) is 2.27. The minimum Gasteiger partial charge on any atom is -0.366 e. The zero-order valence-electron chi connectivity index (χ0n) is 9.39. The normalized spacial score (nSPS) is 14.9. The largest absolute Gasteiger partial charge is 0.366 e. The van der Waals surface area contributed by atoms with Crippen molar-refractivity contribution in [2.75, 3.05) is 13.1 Å². The highest BCUT2D eigenvalue weighted by Crippen LogP contribution is 2.29. The summed E-state index contributed by atoms with van der Waals surface area (Å²) in [6.07, 6.45) is 0. The van der Waals surface area contributed by atoms with Gasteiger partial charge in [-0.3, -0.25) is 4.79 Å². The van der Waals surface area contributed by atoms with Gasteiger partial charge in [0.15, 0.2) is 0 Å². The number of nitrogens with two attached hydrogens (primary N) is 1. The topological polar surface area (TPSA) is 70.1 Å². The molecule has 4 heteroatoms. The fraction of sp³-hybridized carbons (Fsp3) is 0.231. The number of hydrogen-bond acceptors (Lipinski definition) is 3. The van der Waals surface area contributed by atoms with E-state index in [1.54, 1.807) is 12.1 Å². The molecule has 1 aromatic carbocycles. The van der Waals surface area contributed by atoms with E-state index in [1.165, 1.54) is 5.56 Å². The molecule has 1 fully saturated rings. The Kier molecular flexibility index (Phi) is 2.84. The maximum Gasteiger partial charge on any atom is 0.264 e. The maximum atomic E-state index is 10.9. The Bertz CT molecular complexity index is 492. The van der Waals surface area contributed by atoms with Crippen LogP contribution in [0.2, 0.25) is 0 Å². The van der Waals surface area contributed by atoms with Gasteiger partial charge in [-0.15, -0.1) is 0 Å². The Hall–Kier alpha value is -2.28. The van der Waals surface area contributed by atoms with E-state index in [2.05, 4.69) is 12.6 Å². The third-order valence-electron chi connectivity index (χ3n) is 3.06. The van der Waals surface area contributed by atoms with Crippen LogP contribution in [0, 0.1) is 11.3 Å². The second-order valence-corrected chi connectivity index (χ2v) is 4.15. The molecule has 1 saturated heterocycles. The van der Waals surface area contributed by atoms with Gasteiger partial charge in [-0.2, -0.15) is 5.26 Å². The number of hydrogen-bond donors (Lipinski definition) is 1. The van der Waals surface area contributed by atoms with Crippen molar-refractivity contribution in [2.24, 2.45) is 5.73 Å². The number of carbonyl (C=O) groups is 1. The lowest BCUT2D eigenvalue weighted by Crippen LogP contribution is -2.46. The van der Waals surface area contributed by atoms with Crippen molar-refractivity contribution >= 4 is 5.91 Å². The van der Waals surface area contributed by atoms with Crippen LogP contribution in [0.5, 0.6) is 0 Å². The number of nitriles is 1. The lowest BCUT2D eigenvalue weighted by Gasteiger charge is -2.41. The van der Waals surface area contributed by atoms with Crippen LogP contribution in [0.25, 0.3) is 0 Å². The predicted octanol–water partition coefficient (Wildman–Crippen LogP) is 0.956. The van der Waals surface area contributed by atoms with Crippen LogP contribution in [0.15, 0.2) is 36.5 Å². The summed E-state index contributed by atoms with van der Waals surface area (Å²) in [5.41, 5.74) is 7.36. The van der Waals surface area contributed by atoms with E-state index < -0.39 is 5.91 Å². The van der Waals surface area contributed by atoms with Crippen LogP contribution < -0.4 is 5.73 Å². The molecule has 0 radical (unpaired) electrons. The molecule has 0 spiro atoms. The van der Waals surface area contributed by atoms with Gasteiger partial charge in [-0.1, -0.05) is 18.7 Å². The molecule has 0 unspecified atom stereocenters. The van der Waals surface area contributed by atoms with Gasteiger partial charge in [0.2, 0.25) is 0 Å². The quantitative estimate of drug-likeness (QED) is 0.782. The standard InChI is InChI=1S/C13H13N3O/c1-9(13(15)17)16-7-12(8-16)11-4-2-10(6-14)3-5-11/h2-5,12H,1,7-8H2,(H2,15,17). The summed E-state index contributed by atoms with van der Waals surface area (Å²) < 4.78 is 0. The molecule has 0 aromatic heterocycles. The van der Waals surface area contributed by atoms with Crippen molar-refractivity contribution in [3.63, 3.8) is 0 Å². The first-order valence-electron chi connectivity index (χ1n) is 5.35. The molecular formula is C13H13N3O. The van der Waals surface area contributed by atoms with Crippen LogP contribution in [0.1, 0.15) is 17.0 Å². The molecular weight excluding hydrogens is 214 g/mol. The fourth-order valence-electron chi connectivity index (χ4n) is 1.90. The Morgan fingerprint density at radius 2 is 2.00 bits per heavy atom. The average molecular weight is 227 g/mol. The molecule has 1 aliphatic heterocycles. The molecule has 1 aromatic rings. The first-order chi connectivity index (χ1) is 8.11. The minimum atomic E-state index is -0.469. The third kappa shape index (κ3) is 2.13. The highest BCUT2D eigenvalue weighted by molar-refractivity contribution is 5.90. The Morgan fingerprint density at radius 3 is 2.47 bits per heavy atom. The fourth-order valence-corrected chi connectivity index (χ4v) is 1.90. The summed E-state index contributed by atoms with van der Waals surface area (Å²) in [6, 6.07) is 9.60. The van der Waals surface area contributed by atoms with Crippen molar-refractivity contribution in [1.82, 2.24) is 4.90 Å². The lowest BCUT2D eigenvalue weighted by atomic mass is 9.90. The zero-order chi connectivity index (χ0) is 12.4. The second kappa shape index (κ2) is 4.30. The molecule has 0 bridgehead atoms. The van der Waals surface area contributed by atoms with E-state index >= 15 is 0 Å². The van der Waals surface area contributed by atoms with Gasteiger partial charge in [0.05, 0.1) is 17.3 Å². The van der Waals surface area contributed by atoms with Gasteiger partial charge in [-0.25, -0.2) is 0 Å². The van der Waals surface area contributed by atoms with Crippen LogP contribution in [-0.4, -0.2) is 23.9 Å². The molecule has 2 rings (SSSR count). The second-order valence-electron chi connectivity index (χ2n) is 4.15. The molecule has 1 amide bonds. The molecule has 1 heterocycles. The number of nitrogens with zero attached hydrogens (tertiary/aromatic N) is 2. The van der Waals surface area contributed by atoms with E-state index in [9.17, 15) is 4.79 Å². The van der Waals surface area contributed by atoms with E-state index in [0.29, 0.717) is 17.2 Å². The van der Waals surface area contributed by atoms with E-state index in [-0.39, 0.29) is 0 Å². The van der Waals surface area contributed by atoms with Gasteiger partial charge < -0.3 is 10.6 Å². The molecule has 1 aliphatic rings. The Labute approximate surface area is 99.9 Å². The predicted molar refractivity (Wildman–Crippen MR) is 63.8 cm³/mol. The van der Waals surface area contributed by atoms with Gasteiger partial charge in [0.25, 0.3) is 5.91 Å². The monoisotopic (exact) mass is 227 g/mol. The molecule has 86 valence electrons. The highest BCUT2D eigenvalue weighted by Gasteiger charge is 2.30. The first kappa shape index (κ1) is 11.2. The maximum absolute atomic E-state index is 10.9. The summed E-state index contributed by atoms with van der Waals surface area (Å²) in [6.45, 7) is 5.16. The van der Waals surface area contributed by atoms with Crippen LogP contribution in [0.4, 0.5) is 0 Å². The number of amides is 1.